The Morgan fingerprint density at radius 2 is 2.08 bits per heavy atom. The van der Waals surface area contributed by atoms with Crippen molar-refractivity contribution in [1.82, 2.24) is 19.8 Å². The highest BCUT2D eigenvalue weighted by molar-refractivity contribution is 5.78. The molecule has 1 N–H and O–H groups in total. The van der Waals surface area contributed by atoms with Gasteiger partial charge in [-0.2, -0.15) is 0 Å². The van der Waals surface area contributed by atoms with Crippen LogP contribution in [0.4, 0.5) is 0 Å². The van der Waals surface area contributed by atoms with Crippen molar-refractivity contribution >= 4 is 16.9 Å². The second kappa shape index (κ2) is 7.77. The molecule has 0 unspecified atom stereocenters. The molecule has 1 saturated heterocycles. The van der Waals surface area contributed by atoms with Crippen LogP contribution in [0, 0.1) is 0 Å². The van der Waals surface area contributed by atoms with Gasteiger partial charge in [-0.1, -0.05) is 12.1 Å². The molecule has 1 fully saturated rings. The Kier molecular flexibility index (Phi) is 5.48. The molecule has 0 spiro atoms. The molecule has 2 aromatic rings. The van der Waals surface area contributed by atoms with Gasteiger partial charge >= 0.3 is 0 Å². The van der Waals surface area contributed by atoms with Crippen molar-refractivity contribution in [3.8, 4) is 0 Å². The van der Waals surface area contributed by atoms with Crippen LogP contribution in [0.3, 0.4) is 0 Å². The Balaban J connectivity index is 1.51. The lowest BCUT2D eigenvalue weighted by molar-refractivity contribution is -0.128. The van der Waals surface area contributed by atoms with Crippen LogP contribution in [-0.4, -0.2) is 53.2 Å². The van der Waals surface area contributed by atoms with E-state index in [1.807, 2.05) is 18.2 Å². The first-order valence-corrected chi connectivity index (χ1v) is 8.68. The number of rotatable bonds is 6. The zero-order valence-corrected chi connectivity index (χ0v) is 14.5. The van der Waals surface area contributed by atoms with Gasteiger partial charge in [0.1, 0.15) is 12.4 Å². The fourth-order valence-corrected chi connectivity index (χ4v) is 3.19. The number of carbonyl (C=O) groups excluding carboxylic acids is 1. The minimum Gasteiger partial charge on any atom is -0.368 e. The molecule has 6 nitrogen and oxygen atoms in total. The fraction of sp³-hybridized carbons (Fsp3) is 0.556. The van der Waals surface area contributed by atoms with Crippen molar-refractivity contribution in [2.24, 2.45) is 0 Å². The Labute approximate surface area is 142 Å². The molecule has 1 aliphatic rings. The van der Waals surface area contributed by atoms with E-state index in [4.69, 9.17) is 4.74 Å². The first-order valence-electron chi connectivity index (χ1n) is 8.68. The van der Waals surface area contributed by atoms with E-state index in [0.29, 0.717) is 6.54 Å². The van der Waals surface area contributed by atoms with Gasteiger partial charge in [-0.25, -0.2) is 4.98 Å². The molecular weight excluding hydrogens is 304 g/mol. The molecule has 1 aromatic carbocycles. The highest BCUT2D eigenvalue weighted by Crippen LogP contribution is 2.16. The van der Waals surface area contributed by atoms with Crippen LogP contribution >= 0.6 is 0 Å². The number of benzene rings is 1. The lowest BCUT2D eigenvalue weighted by Gasteiger charge is -2.28. The summed E-state index contributed by atoms with van der Waals surface area (Å²) >= 11 is 0. The summed E-state index contributed by atoms with van der Waals surface area (Å²) in [5.74, 6) is 0.801. The van der Waals surface area contributed by atoms with Gasteiger partial charge < -0.3 is 19.5 Å². The molecule has 1 aromatic heterocycles. The predicted octanol–water partition coefficient (Wildman–Crippen LogP) is 1.78. The molecule has 24 heavy (non-hydrogen) atoms. The highest BCUT2D eigenvalue weighted by Gasteiger charge is 2.18. The average molecular weight is 330 g/mol. The molecule has 0 saturated carbocycles. The number of hydrogen-bond donors (Lipinski definition) is 1. The average Bonchev–Trinajstić information content (AvgIpc) is 2.97. The third kappa shape index (κ3) is 3.94. The van der Waals surface area contributed by atoms with Crippen molar-refractivity contribution in [2.45, 2.75) is 39.0 Å². The van der Waals surface area contributed by atoms with E-state index < -0.39 is 0 Å². The SMILES string of the molecule is CCn1c(CNC(=O)COC2CCN(C)CC2)nc2ccccc21. The third-order valence-electron chi connectivity index (χ3n) is 4.61. The number of likely N-dealkylation sites (tertiary alicyclic amines) is 1. The normalized spacial score (nSPS) is 16.6. The zero-order valence-electron chi connectivity index (χ0n) is 14.5. The van der Waals surface area contributed by atoms with Crippen LogP contribution < -0.4 is 5.32 Å². The summed E-state index contributed by atoms with van der Waals surface area (Å²) < 4.78 is 7.86. The molecule has 2 heterocycles. The van der Waals surface area contributed by atoms with E-state index in [9.17, 15) is 4.79 Å². The molecule has 0 bridgehead atoms. The van der Waals surface area contributed by atoms with Gasteiger partial charge in [0.15, 0.2) is 0 Å². The molecule has 6 heteroatoms. The van der Waals surface area contributed by atoms with E-state index in [1.54, 1.807) is 0 Å². The summed E-state index contributed by atoms with van der Waals surface area (Å²) in [6, 6.07) is 8.04. The molecule has 1 aliphatic heterocycles. The monoisotopic (exact) mass is 330 g/mol. The summed E-state index contributed by atoms with van der Waals surface area (Å²) in [5.41, 5.74) is 2.07. The third-order valence-corrected chi connectivity index (χ3v) is 4.61. The van der Waals surface area contributed by atoms with Gasteiger partial charge in [0.25, 0.3) is 0 Å². The van der Waals surface area contributed by atoms with Gasteiger partial charge in [-0.3, -0.25) is 4.79 Å². The Morgan fingerprint density at radius 1 is 1.33 bits per heavy atom. The molecule has 0 radical (unpaired) electrons. The number of piperidine rings is 1. The summed E-state index contributed by atoms with van der Waals surface area (Å²) in [4.78, 5) is 19.0. The summed E-state index contributed by atoms with van der Waals surface area (Å²) in [5, 5.41) is 2.93. The van der Waals surface area contributed by atoms with E-state index in [-0.39, 0.29) is 18.6 Å². The number of imidazole rings is 1. The minimum absolute atomic E-state index is 0.0800. The smallest absolute Gasteiger partial charge is 0.246 e. The standard InChI is InChI=1S/C18H26N4O2/c1-3-22-16-7-5-4-6-15(16)20-17(22)12-19-18(23)13-24-14-8-10-21(2)11-9-14/h4-7,14H,3,8-13H2,1-2H3,(H,19,23). The first-order chi connectivity index (χ1) is 11.7. The number of nitrogens with zero attached hydrogens (tertiary/aromatic N) is 3. The van der Waals surface area contributed by atoms with Crippen LogP contribution in [0.25, 0.3) is 11.0 Å². The van der Waals surface area contributed by atoms with Crippen molar-refractivity contribution in [2.75, 3.05) is 26.7 Å². The van der Waals surface area contributed by atoms with Crippen molar-refractivity contribution < 1.29 is 9.53 Å². The number of nitrogens with one attached hydrogen (secondary N) is 1. The fourth-order valence-electron chi connectivity index (χ4n) is 3.19. The summed E-state index contributed by atoms with van der Waals surface area (Å²) in [6.45, 7) is 5.54. The van der Waals surface area contributed by atoms with E-state index >= 15 is 0 Å². The van der Waals surface area contributed by atoms with Crippen LogP contribution in [-0.2, 0) is 22.6 Å². The minimum atomic E-state index is -0.0800. The Bertz CT molecular complexity index is 689. The number of aromatic nitrogens is 2. The molecule has 1 amide bonds. The van der Waals surface area contributed by atoms with Crippen LogP contribution in [0.2, 0.25) is 0 Å². The maximum Gasteiger partial charge on any atom is 0.246 e. The maximum absolute atomic E-state index is 12.1. The number of para-hydroxylation sites is 2. The Hall–Kier alpha value is -1.92. The predicted molar refractivity (Wildman–Crippen MR) is 93.7 cm³/mol. The topological polar surface area (TPSA) is 59.4 Å². The number of ether oxygens (including phenoxy) is 1. The largest absolute Gasteiger partial charge is 0.368 e. The molecule has 0 atom stereocenters. The maximum atomic E-state index is 12.1. The first kappa shape index (κ1) is 16.9. The van der Waals surface area contributed by atoms with Gasteiger partial charge in [0, 0.05) is 19.6 Å². The van der Waals surface area contributed by atoms with Gasteiger partial charge in [-0.15, -0.1) is 0 Å². The second-order valence-corrected chi connectivity index (χ2v) is 6.35. The van der Waals surface area contributed by atoms with E-state index in [0.717, 1.165) is 49.3 Å². The zero-order chi connectivity index (χ0) is 16.9. The number of amides is 1. The number of hydrogen-bond acceptors (Lipinski definition) is 4. The molecule has 3 rings (SSSR count). The number of fused-ring (bicyclic) bond motifs is 1. The van der Waals surface area contributed by atoms with Crippen molar-refractivity contribution in [3.05, 3.63) is 30.1 Å². The summed E-state index contributed by atoms with van der Waals surface area (Å²) in [7, 11) is 2.11. The van der Waals surface area contributed by atoms with E-state index in [2.05, 4.69) is 39.8 Å². The summed E-state index contributed by atoms with van der Waals surface area (Å²) in [6.07, 6.45) is 2.19. The van der Waals surface area contributed by atoms with Crippen LogP contribution in [0.5, 0.6) is 0 Å². The van der Waals surface area contributed by atoms with E-state index in [1.165, 1.54) is 0 Å². The highest BCUT2D eigenvalue weighted by atomic mass is 16.5. The Morgan fingerprint density at radius 3 is 2.83 bits per heavy atom. The van der Waals surface area contributed by atoms with Crippen LogP contribution in [0.15, 0.2) is 24.3 Å². The molecule has 0 aliphatic carbocycles. The lowest BCUT2D eigenvalue weighted by Crippen LogP contribution is -2.36. The molecule has 130 valence electrons. The number of carbonyl (C=O) groups is 1. The lowest BCUT2D eigenvalue weighted by atomic mass is 10.1. The molecular formula is C18H26N4O2. The second-order valence-electron chi connectivity index (χ2n) is 6.35. The quantitative estimate of drug-likeness (QED) is 0.877. The van der Waals surface area contributed by atoms with Crippen molar-refractivity contribution in [1.29, 1.82) is 0 Å². The number of aryl methyl sites for hydroxylation is 1. The van der Waals surface area contributed by atoms with Crippen LogP contribution in [0.1, 0.15) is 25.6 Å². The van der Waals surface area contributed by atoms with Gasteiger partial charge in [-0.05, 0) is 38.9 Å². The van der Waals surface area contributed by atoms with Gasteiger partial charge in [0.05, 0.1) is 23.7 Å². The van der Waals surface area contributed by atoms with Gasteiger partial charge in [0.2, 0.25) is 5.91 Å². The van der Waals surface area contributed by atoms with Crippen molar-refractivity contribution in [3.63, 3.8) is 0 Å².